The fourth-order valence-corrected chi connectivity index (χ4v) is 4.54. The van der Waals surface area contributed by atoms with Gasteiger partial charge in [-0.05, 0) is 43.9 Å². The number of ether oxygens (including phenoxy) is 3. The van der Waals surface area contributed by atoms with Gasteiger partial charge < -0.3 is 19.1 Å². The van der Waals surface area contributed by atoms with Gasteiger partial charge in [0.1, 0.15) is 13.2 Å². The van der Waals surface area contributed by atoms with Gasteiger partial charge in [0.2, 0.25) is 5.91 Å². The third-order valence-corrected chi connectivity index (χ3v) is 6.52. The summed E-state index contributed by atoms with van der Waals surface area (Å²) >= 11 is 6.23. The molecular formula is C24H24ClF3N2O4. The third kappa shape index (κ3) is 4.95. The zero-order valence-corrected chi connectivity index (χ0v) is 19.1. The number of fused-ring (bicyclic) bond motifs is 1. The summed E-state index contributed by atoms with van der Waals surface area (Å²) in [5, 5.41) is -0.125. The maximum absolute atomic E-state index is 13.1. The largest absolute Gasteiger partial charge is 0.487 e. The van der Waals surface area contributed by atoms with Crippen molar-refractivity contribution in [2.24, 2.45) is 5.92 Å². The first-order chi connectivity index (χ1) is 16.3. The summed E-state index contributed by atoms with van der Waals surface area (Å²) in [6.07, 6.45) is -0.181. The average Bonchev–Trinajstić information content (AvgIpc) is 3.56. The zero-order valence-electron chi connectivity index (χ0n) is 18.4. The van der Waals surface area contributed by atoms with E-state index < -0.39 is 11.7 Å². The van der Waals surface area contributed by atoms with Crippen LogP contribution in [0, 0.1) is 5.92 Å². The minimum atomic E-state index is -4.55. The van der Waals surface area contributed by atoms with Crippen LogP contribution in [0.4, 0.5) is 13.2 Å². The Bertz CT molecular complexity index is 1080. The van der Waals surface area contributed by atoms with E-state index >= 15 is 0 Å². The maximum Gasteiger partial charge on any atom is 0.417 e. The predicted octanol–water partition coefficient (Wildman–Crippen LogP) is 5.11. The van der Waals surface area contributed by atoms with E-state index in [0.29, 0.717) is 55.5 Å². The molecule has 1 saturated heterocycles. The van der Waals surface area contributed by atoms with Crippen LogP contribution < -0.4 is 9.47 Å². The normalized spacial score (nSPS) is 20.5. The molecule has 34 heavy (non-hydrogen) atoms. The molecule has 0 bridgehead atoms. The van der Waals surface area contributed by atoms with Crippen LogP contribution >= 0.6 is 11.6 Å². The van der Waals surface area contributed by atoms with Gasteiger partial charge in [-0.3, -0.25) is 9.78 Å². The van der Waals surface area contributed by atoms with Gasteiger partial charge in [-0.2, -0.15) is 13.2 Å². The van der Waals surface area contributed by atoms with Crippen molar-refractivity contribution in [3.63, 3.8) is 0 Å². The van der Waals surface area contributed by atoms with Gasteiger partial charge in [-0.1, -0.05) is 11.6 Å². The Morgan fingerprint density at radius 3 is 2.71 bits per heavy atom. The summed E-state index contributed by atoms with van der Waals surface area (Å²) in [5.74, 6) is 1.11. The molecule has 2 aromatic rings. The number of nitrogens with zero attached hydrogens (tertiary/aromatic N) is 2. The Hall–Kier alpha value is -2.52. The van der Waals surface area contributed by atoms with Crippen LogP contribution in [0.1, 0.15) is 36.8 Å². The highest BCUT2D eigenvalue weighted by atomic mass is 35.5. The number of amides is 1. The Morgan fingerprint density at radius 1 is 1.21 bits per heavy atom. The van der Waals surface area contributed by atoms with Gasteiger partial charge in [-0.25, -0.2) is 0 Å². The van der Waals surface area contributed by atoms with Crippen LogP contribution in [0.3, 0.4) is 0 Å². The van der Waals surface area contributed by atoms with Crippen LogP contribution in [-0.4, -0.2) is 48.3 Å². The van der Waals surface area contributed by atoms with E-state index in [9.17, 15) is 18.0 Å². The minimum absolute atomic E-state index is 0.0363. The standard InChI is InChI=1S/C24H24ClF3N2O4/c25-19-10-17(24(26,27)28)11-29-21(19)15-8-16-12-30(23(31)14-3-4-14)5-7-33-22(16)20(9-15)34-13-18-2-1-6-32-18/h8-11,14,18H,1-7,12-13H2. The Kier molecular flexibility index (Phi) is 6.33. The first-order valence-electron chi connectivity index (χ1n) is 11.4. The summed E-state index contributed by atoms with van der Waals surface area (Å²) in [5.41, 5.74) is 0.465. The van der Waals surface area contributed by atoms with Gasteiger partial charge >= 0.3 is 6.18 Å². The SMILES string of the molecule is O=C(C1CC1)N1CCOc2c(cc(-c3ncc(C(F)(F)F)cc3Cl)cc2OCC2CCCO2)C1. The summed E-state index contributed by atoms with van der Waals surface area (Å²) in [7, 11) is 0. The van der Waals surface area contributed by atoms with Crippen LogP contribution in [0.5, 0.6) is 11.5 Å². The number of hydrogen-bond acceptors (Lipinski definition) is 5. The molecule has 2 aliphatic heterocycles. The number of carbonyl (C=O) groups excluding carboxylic acids is 1. The molecule has 182 valence electrons. The van der Waals surface area contributed by atoms with Crippen molar-refractivity contribution in [3.8, 4) is 22.8 Å². The molecule has 1 aromatic heterocycles. The summed E-state index contributed by atoms with van der Waals surface area (Å²) < 4.78 is 57.0. The molecular weight excluding hydrogens is 473 g/mol. The summed E-state index contributed by atoms with van der Waals surface area (Å²) in [4.78, 5) is 18.5. The second-order valence-corrected chi connectivity index (χ2v) is 9.25. The van der Waals surface area contributed by atoms with Crippen molar-refractivity contribution in [1.82, 2.24) is 9.88 Å². The van der Waals surface area contributed by atoms with Gasteiger partial charge in [-0.15, -0.1) is 0 Å². The minimum Gasteiger partial charge on any atom is -0.487 e. The van der Waals surface area contributed by atoms with E-state index in [1.807, 2.05) is 0 Å². The molecule has 1 aromatic carbocycles. The van der Waals surface area contributed by atoms with Crippen molar-refractivity contribution in [2.45, 2.75) is 44.5 Å². The molecule has 3 heterocycles. The smallest absolute Gasteiger partial charge is 0.417 e. The first kappa shape index (κ1) is 23.2. The van der Waals surface area contributed by atoms with Crippen molar-refractivity contribution < 1.29 is 32.2 Å². The van der Waals surface area contributed by atoms with Gasteiger partial charge in [0, 0.05) is 36.4 Å². The second-order valence-electron chi connectivity index (χ2n) is 8.84. The summed E-state index contributed by atoms with van der Waals surface area (Å²) in [6, 6.07) is 4.30. The molecule has 1 amide bonds. The monoisotopic (exact) mass is 496 g/mol. The Labute approximate surface area is 199 Å². The van der Waals surface area contributed by atoms with Crippen LogP contribution in [-0.2, 0) is 22.3 Å². The molecule has 10 heteroatoms. The second kappa shape index (κ2) is 9.26. The Balaban J connectivity index is 1.51. The van der Waals surface area contributed by atoms with Gasteiger partial charge in [0.05, 0.1) is 28.9 Å². The number of alkyl halides is 3. The Morgan fingerprint density at radius 2 is 2.03 bits per heavy atom. The van der Waals surface area contributed by atoms with Crippen molar-refractivity contribution in [2.75, 3.05) is 26.4 Å². The van der Waals surface area contributed by atoms with Crippen LogP contribution in [0.2, 0.25) is 5.02 Å². The molecule has 5 rings (SSSR count). The van der Waals surface area contributed by atoms with Crippen LogP contribution in [0.15, 0.2) is 24.4 Å². The quantitative estimate of drug-likeness (QED) is 0.575. The number of carbonyl (C=O) groups is 1. The van der Waals surface area contributed by atoms with E-state index in [-0.39, 0.29) is 28.6 Å². The molecule has 6 nitrogen and oxygen atoms in total. The van der Waals surface area contributed by atoms with E-state index in [1.54, 1.807) is 17.0 Å². The van der Waals surface area contributed by atoms with E-state index in [4.69, 9.17) is 25.8 Å². The number of rotatable bonds is 5. The highest BCUT2D eigenvalue weighted by molar-refractivity contribution is 6.33. The molecule has 2 fully saturated rings. The lowest BCUT2D eigenvalue weighted by Gasteiger charge is -2.21. The number of pyridine rings is 1. The topological polar surface area (TPSA) is 60.9 Å². The van der Waals surface area contributed by atoms with Gasteiger partial charge in [0.25, 0.3) is 0 Å². The first-order valence-corrected chi connectivity index (χ1v) is 11.7. The molecule has 0 radical (unpaired) electrons. The highest BCUT2D eigenvalue weighted by Gasteiger charge is 2.35. The number of aromatic nitrogens is 1. The van der Waals surface area contributed by atoms with Gasteiger partial charge in [0.15, 0.2) is 11.5 Å². The van der Waals surface area contributed by atoms with Crippen molar-refractivity contribution in [1.29, 1.82) is 0 Å². The van der Waals surface area contributed by atoms with Crippen LogP contribution in [0.25, 0.3) is 11.3 Å². The molecule has 1 saturated carbocycles. The van der Waals surface area contributed by atoms with E-state index in [0.717, 1.165) is 37.9 Å². The molecule has 0 spiro atoms. The molecule has 1 aliphatic carbocycles. The zero-order chi connectivity index (χ0) is 23.9. The lowest BCUT2D eigenvalue weighted by atomic mass is 10.0. The summed E-state index contributed by atoms with van der Waals surface area (Å²) in [6.45, 7) is 2.08. The number of halogens is 4. The fraction of sp³-hybridized carbons (Fsp3) is 0.500. The van der Waals surface area contributed by atoms with Crippen molar-refractivity contribution in [3.05, 3.63) is 40.5 Å². The molecule has 1 atom stereocenters. The molecule has 3 aliphatic rings. The third-order valence-electron chi connectivity index (χ3n) is 6.23. The van der Waals surface area contributed by atoms with Crippen molar-refractivity contribution >= 4 is 17.5 Å². The predicted molar refractivity (Wildman–Crippen MR) is 118 cm³/mol. The van der Waals surface area contributed by atoms with E-state index in [2.05, 4.69) is 4.98 Å². The fourth-order valence-electron chi connectivity index (χ4n) is 4.27. The average molecular weight is 497 g/mol. The highest BCUT2D eigenvalue weighted by Crippen LogP contribution is 2.42. The lowest BCUT2D eigenvalue weighted by Crippen LogP contribution is -2.33. The lowest BCUT2D eigenvalue weighted by molar-refractivity contribution is -0.137. The molecule has 1 unspecified atom stereocenters. The maximum atomic E-state index is 13.1. The molecule has 0 N–H and O–H groups in total. The number of benzene rings is 1. The number of hydrogen-bond donors (Lipinski definition) is 0. The van der Waals surface area contributed by atoms with E-state index in [1.165, 1.54) is 0 Å².